The first kappa shape index (κ1) is 14.3. The molecule has 0 aliphatic heterocycles. The summed E-state index contributed by atoms with van der Waals surface area (Å²) in [5, 5.41) is 0.396. The molecule has 0 amide bonds. The number of halogens is 9. The van der Waals surface area contributed by atoms with E-state index >= 15 is 0 Å². The van der Waals surface area contributed by atoms with Crippen molar-refractivity contribution in [2.24, 2.45) is 0 Å². The van der Waals surface area contributed by atoms with Crippen molar-refractivity contribution in [3.8, 4) is 0 Å². The van der Waals surface area contributed by atoms with Crippen LogP contribution in [0.25, 0.3) is 0 Å². The molecule has 1 N–H and O–H groups in total. The highest BCUT2D eigenvalue weighted by atomic mass is 19.4. The van der Waals surface area contributed by atoms with E-state index in [2.05, 4.69) is 0 Å². The van der Waals surface area contributed by atoms with Crippen molar-refractivity contribution < 1.29 is 39.5 Å². The number of hydrogen-bond acceptors (Lipinski definition) is 1. The summed E-state index contributed by atoms with van der Waals surface area (Å²) < 4.78 is 107. The molecule has 0 fully saturated rings. The summed E-state index contributed by atoms with van der Waals surface area (Å²) in [6.45, 7) is 0. The molecule has 0 aromatic rings. The van der Waals surface area contributed by atoms with Crippen LogP contribution in [0.3, 0.4) is 0 Å². The summed E-state index contributed by atoms with van der Waals surface area (Å²) in [5.41, 5.74) is 0. The predicted octanol–water partition coefficient (Wildman–Crippen LogP) is 2.63. The Morgan fingerprint density at radius 2 is 1.00 bits per heavy atom. The SMILES string of the molecule is CNC(F)(F)C(F)(F)C(F)(F)C(F)(F)F. The molecule has 0 saturated heterocycles. The van der Waals surface area contributed by atoms with Crippen LogP contribution in [0.1, 0.15) is 0 Å². The van der Waals surface area contributed by atoms with Crippen LogP contribution >= 0.6 is 0 Å². The summed E-state index contributed by atoms with van der Waals surface area (Å²) in [6.07, 6.45) is -6.77. The molecule has 1 nitrogen and oxygen atoms in total. The van der Waals surface area contributed by atoms with E-state index in [-0.39, 0.29) is 7.05 Å². The molecule has 0 aromatic carbocycles. The van der Waals surface area contributed by atoms with Crippen LogP contribution in [0, 0.1) is 0 Å². The van der Waals surface area contributed by atoms with Crippen molar-refractivity contribution in [2.75, 3.05) is 7.05 Å². The third kappa shape index (κ3) is 1.99. The normalized spacial score (nSPS) is 15.6. The minimum atomic E-state index is -6.83. The van der Waals surface area contributed by atoms with Gasteiger partial charge in [-0.25, -0.2) is 0 Å². The van der Waals surface area contributed by atoms with E-state index in [0.29, 0.717) is 5.32 Å². The molecule has 0 aromatic heterocycles. The number of nitrogens with one attached hydrogen (secondary N) is 1. The predicted molar refractivity (Wildman–Crippen MR) is 30.0 cm³/mol. The van der Waals surface area contributed by atoms with Gasteiger partial charge in [0.25, 0.3) is 0 Å². The van der Waals surface area contributed by atoms with Crippen LogP contribution in [0.15, 0.2) is 0 Å². The van der Waals surface area contributed by atoms with E-state index in [0.717, 1.165) is 0 Å². The van der Waals surface area contributed by atoms with Gasteiger partial charge in [-0.1, -0.05) is 0 Å². The van der Waals surface area contributed by atoms with Crippen LogP contribution < -0.4 is 5.32 Å². The Hall–Kier alpha value is -0.670. The van der Waals surface area contributed by atoms with Crippen LogP contribution in [-0.2, 0) is 0 Å². The number of alkyl halides is 9. The second-order valence-electron chi connectivity index (χ2n) is 2.47. The minimum Gasteiger partial charge on any atom is -0.256 e. The largest absolute Gasteiger partial charge is 0.460 e. The van der Waals surface area contributed by atoms with E-state index in [1.807, 2.05) is 0 Å². The van der Waals surface area contributed by atoms with Crippen LogP contribution in [0.5, 0.6) is 0 Å². The lowest BCUT2D eigenvalue weighted by atomic mass is 10.1. The standard InChI is InChI=1S/C5H4F9N/c1-15-5(13,14)3(8,9)2(6,7)4(10,11)12/h15H,1H3. The molecule has 15 heavy (non-hydrogen) atoms. The molecule has 0 heterocycles. The lowest BCUT2D eigenvalue weighted by molar-refractivity contribution is -0.400. The van der Waals surface area contributed by atoms with Gasteiger partial charge < -0.3 is 0 Å². The van der Waals surface area contributed by atoms with Crippen molar-refractivity contribution in [1.82, 2.24) is 5.32 Å². The fourth-order valence-electron chi connectivity index (χ4n) is 0.532. The maximum atomic E-state index is 12.2. The van der Waals surface area contributed by atoms with Gasteiger partial charge in [0.1, 0.15) is 0 Å². The van der Waals surface area contributed by atoms with Crippen molar-refractivity contribution in [2.45, 2.75) is 24.1 Å². The Bertz CT molecular complexity index is 229. The van der Waals surface area contributed by atoms with Crippen LogP contribution in [0.2, 0.25) is 0 Å². The maximum Gasteiger partial charge on any atom is 0.460 e. The fraction of sp³-hybridized carbons (Fsp3) is 1.00. The molecule has 0 aliphatic carbocycles. The lowest BCUT2D eigenvalue weighted by Crippen LogP contribution is -2.64. The topological polar surface area (TPSA) is 12.0 Å². The maximum absolute atomic E-state index is 12.2. The first-order chi connectivity index (χ1) is 6.31. The summed E-state index contributed by atoms with van der Waals surface area (Å²) in [7, 11) is 0.125. The third-order valence-electron chi connectivity index (χ3n) is 1.46. The molecule has 10 heteroatoms. The van der Waals surface area contributed by atoms with Gasteiger partial charge in [-0.2, -0.15) is 39.5 Å². The van der Waals surface area contributed by atoms with Crippen molar-refractivity contribution >= 4 is 0 Å². The highest BCUT2D eigenvalue weighted by molar-refractivity contribution is 4.98. The van der Waals surface area contributed by atoms with E-state index in [9.17, 15) is 39.5 Å². The van der Waals surface area contributed by atoms with Gasteiger partial charge in [-0.3, -0.25) is 5.32 Å². The second kappa shape index (κ2) is 3.42. The second-order valence-corrected chi connectivity index (χ2v) is 2.47. The molecule has 0 atom stereocenters. The molecule has 0 saturated carbocycles. The summed E-state index contributed by atoms with van der Waals surface area (Å²) in [6, 6.07) is -5.67. The molecule has 0 radical (unpaired) electrons. The van der Waals surface area contributed by atoms with E-state index in [1.54, 1.807) is 0 Å². The summed E-state index contributed by atoms with van der Waals surface area (Å²) in [5.74, 6) is -13.4. The Labute approximate surface area is 77.2 Å². The first-order valence-corrected chi connectivity index (χ1v) is 3.20. The Balaban J connectivity index is 5.38. The van der Waals surface area contributed by atoms with Gasteiger partial charge in [-0.15, -0.1) is 0 Å². The summed E-state index contributed by atoms with van der Waals surface area (Å²) >= 11 is 0. The zero-order valence-corrected chi connectivity index (χ0v) is 6.90. The van der Waals surface area contributed by atoms with Crippen molar-refractivity contribution in [3.63, 3.8) is 0 Å². The van der Waals surface area contributed by atoms with Gasteiger partial charge in [0, 0.05) is 0 Å². The van der Waals surface area contributed by atoms with Crippen LogP contribution in [0.4, 0.5) is 39.5 Å². The molecule has 0 rings (SSSR count). The molecular formula is C5H4F9N. The first-order valence-electron chi connectivity index (χ1n) is 3.20. The zero-order chi connectivity index (χ0) is 12.7. The van der Waals surface area contributed by atoms with Crippen molar-refractivity contribution in [3.05, 3.63) is 0 Å². The molecule has 92 valence electrons. The number of hydrogen-bond donors (Lipinski definition) is 1. The number of rotatable bonds is 3. The molecule has 0 unspecified atom stereocenters. The third-order valence-corrected chi connectivity index (χ3v) is 1.46. The van der Waals surface area contributed by atoms with Gasteiger partial charge in [0.2, 0.25) is 0 Å². The van der Waals surface area contributed by atoms with Crippen molar-refractivity contribution in [1.29, 1.82) is 0 Å². The fourth-order valence-corrected chi connectivity index (χ4v) is 0.532. The lowest BCUT2D eigenvalue weighted by Gasteiger charge is -2.33. The van der Waals surface area contributed by atoms with E-state index in [4.69, 9.17) is 0 Å². The highest BCUT2D eigenvalue weighted by Crippen LogP contribution is 2.51. The smallest absolute Gasteiger partial charge is 0.256 e. The Morgan fingerprint density at radius 3 is 1.20 bits per heavy atom. The monoisotopic (exact) mass is 249 g/mol. The van der Waals surface area contributed by atoms with Gasteiger partial charge in [0.15, 0.2) is 0 Å². The van der Waals surface area contributed by atoms with E-state index < -0.39 is 24.1 Å². The van der Waals surface area contributed by atoms with E-state index in [1.165, 1.54) is 0 Å². The quantitative estimate of drug-likeness (QED) is 0.598. The zero-order valence-electron chi connectivity index (χ0n) is 6.90. The molecule has 0 aliphatic rings. The van der Waals surface area contributed by atoms with Gasteiger partial charge in [0.05, 0.1) is 0 Å². The van der Waals surface area contributed by atoms with Gasteiger partial charge >= 0.3 is 24.1 Å². The minimum absolute atomic E-state index is 0.125. The Morgan fingerprint density at radius 1 is 0.667 bits per heavy atom. The van der Waals surface area contributed by atoms with Gasteiger partial charge in [-0.05, 0) is 7.05 Å². The average molecular weight is 249 g/mol. The molecule has 0 bridgehead atoms. The Kier molecular flexibility index (Phi) is 3.27. The summed E-state index contributed by atoms with van der Waals surface area (Å²) in [4.78, 5) is 0. The highest BCUT2D eigenvalue weighted by Gasteiger charge is 2.81. The average Bonchev–Trinajstić information content (AvgIpc) is 2.01. The molecular weight excluding hydrogens is 245 g/mol. The molecule has 0 spiro atoms. The van der Waals surface area contributed by atoms with Crippen LogP contribution in [-0.4, -0.2) is 31.1 Å².